The van der Waals surface area contributed by atoms with Crippen molar-refractivity contribution in [2.24, 2.45) is 0 Å². The Labute approximate surface area is 297 Å². The van der Waals surface area contributed by atoms with E-state index in [1.807, 2.05) is 56.3 Å². The third kappa shape index (κ3) is 10.4. The molecule has 1 aromatic heterocycles. The lowest BCUT2D eigenvalue weighted by Gasteiger charge is -2.34. The normalized spacial score (nSPS) is 12.2. The largest absolute Gasteiger partial charge is 0.494 e. The van der Waals surface area contributed by atoms with Crippen LogP contribution >= 0.6 is 23.2 Å². The summed E-state index contributed by atoms with van der Waals surface area (Å²) >= 11 is 12.5. The first-order valence-corrected chi connectivity index (χ1v) is 17.1. The van der Waals surface area contributed by atoms with Crippen LogP contribution in [0.15, 0.2) is 71.5 Å². The van der Waals surface area contributed by atoms with E-state index in [2.05, 4.69) is 5.32 Å². The van der Waals surface area contributed by atoms with Crippen LogP contribution in [0.4, 0.5) is 4.79 Å². The number of nitrogens with zero attached hydrogens (tertiary/aromatic N) is 4. The van der Waals surface area contributed by atoms with E-state index in [0.29, 0.717) is 76.3 Å². The molecule has 4 aromatic rings. The number of benzene rings is 3. The first-order chi connectivity index (χ1) is 23.3. The molecule has 0 radical (unpaired) electrons. The van der Waals surface area contributed by atoms with Gasteiger partial charge in [-0.2, -0.15) is 0 Å². The second-order valence-electron chi connectivity index (χ2n) is 13.0. The summed E-state index contributed by atoms with van der Waals surface area (Å²) in [5.41, 5.74) is 0.908. The van der Waals surface area contributed by atoms with Crippen LogP contribution in [0.2, 0.25) is 10.0 Å². The van der Waals surface area contributed by atoms with Crippen LogP contribution in [0.1, 0.15) is 58.0 Å². The van der Waals surface area contributed by atoms with Crippen LogP contribution in [-0.2, 0) is 16.0 Å². The molecule has 0 bridgehead atoms. The molecular weight excluding hydrogens is 665 g/mol. The number of hydrogen-bond donors (Lipinski definition) is 1. The highest BCUT2D eigenvalue weighted by Gasteiger charge is 2.30. The van der Waals surface area contributed by atoms with Gasteiger partial charge in [-0.1, -0.05) is 41.4 Å². The number of hydrogen-bond acceptors (Lipinski definition) is 7. The molecule has 0 aliphatic heterocycles. The lowest BCUT2D eigenvalue weighted by molar-refractivity contribution is -0.133. The van der Waals surface area contributed by atoms with Crippen molar-refractivity contribution >= 4 is 46.1 Å². The Hall–Kier alpha value is -4.12. The van der Waals surface area contributed by atoms with E-state index in [1.54, 1.807) is 66.6 Å². The van der Waals surface area contributed by atoms with Gasteiger partial charge in [-0.3, -0.25) is 14.2 Å². The average Bonchev–Trinajstić information content (AvgIpc) is 3.03. The van der Waals surface area contributed by atoms with Crippen molar-refractivity contribution < 1.29 is 19.1 Å². The molecule has 10 nitrogen and oxygen atoms in total. The fourth-order valence-corrected chi connectivity index (χ4v) is 5.71. The number of ether oxygens (including phenoxy) is 2. The first-order valence-electron chi connectivity index (χ1n) is 16.4. The van der Waals surface area contributed by atoms with Crippen LogP contribution in [0.5, 0.6) is 5.75 Å². The molecule has 0 aliphatic carbocycles. The number of aromatic nitrogens is 2. The summed E-state index contributed by atoms with van der Waals surface area (Å²) in [6.07, 6.45) is 0.379. The Balaban J connectivity index is 1.84. The highest BCUT2D eigenvalue weighted by molar-refractivity contribution is 6.42. The van der Waals surface area contributed by atoms with E-state index in [-0.39, 0.29) is 24.4 Å². The van der Waals surface area contributed by atoms with Crippen molar-refractivity contribution in [2.45, 2.75) is 58.6 Å². The first kappa shape index (κ1) is 37.7. The standard InChI is InChI=1S/C37H45Cl2N5O5/c1-7-48-27-17-15-26(16-18-27)44-34(41-31-12-9-8-11-28(31)35(44)46)32(13-10-20-40-36(47)49-37(2,3)4)43(22-21-42(5)6)33(45)24-25-14-19-29(38)30(39)23-25/h8-9,11-12,14-19,23,32H,7,10,13,20-22,24H2,1-6H3,(H,40,47). The van der Waals surface area contributed by atoms with Crippen molar-refractivity contribution in [3.05, 3.63) is 98.5 Å². The SMILES string of the molecule is CCOc1ccc(-n2c(C(CCCNC(=O)OC(C)(C)C)N(CCN(C)C)C(=O)Cc3ccc(Cl)c(Cl)c3)nc3ccccc3c2=O)cc1. The highest BCUT2D eigenvalue weighted by Crippen LogP contribution is 2.30. The van der Waals surface area contributed by atoms with Crippen LogP contribution in [-0.4, -0.2) is 77.3 Å². The second kappa shape index (κ2) is 17.0. The van der Waals surface area contributed by atoms with Crippen molar-refractivity contribution in [3.8, 4) is 11.4 Å². The number of amides is 2. The van der Waals surface area contributed by atoms with Gasteiger partial charge in [0, 0.05) is 19.6 Å². The van der Waals surface area contributed by atoms with Gasteiger partial charge in [0.15, 0.2) is 0 Å². The molecule has 3 aromatic carbocycles. The molecule has 49 heavy (non-hydrogen) atoms. The number of carbonyl (C=O) groups excluding carboxylic acids is 2. The number of nitrogens with one attached hydrogen (secondary N) is 1. The summed E-state index contributed by atoms with van der Waals surface area (Å²) in [7, 11) is 3.87. The molecule has 0 fully saturated rings. The molecule has 0 aliphatic rings. The molecule has 1 N–H and O–H groups in total. The number of likely N-dealkylation sites (N-methyl/N-ethyl adjacent to an activating group) is 1. The van der Waals surface area contributed by atoms with E-state index >= 15 is 0 Å². The Morgan fingerprint density at radius 3 is 2.35 bits per heavy atom. The van der Waals surface area contributed by atoms with E-state index < -0.39 is 17.7 Å². The smallest absolute Gasteiger partial charge is 0.407 e. The van der Waals surface area contributed by atoms with Crippen molar-refractivity contribution in [1.82, 2.24) is 24.7 Å². The summed E-state index contributed by atoms with van der Waals surface area (Å²) in [4.78, 5) is 50.0. The number of carbonyl (C=O) groups is 2. The van der Waals surface area contributed by atoms with Crippen molar-refractivity contribution in [3.63, 3.8) is 0 Å². The predicted octanol–water partition coefficient (Wildman–Crippen LogP) is 7.07. The third-order valence-corrected chi connectivity index (χ3v) is 8.39. The van der Waals surface area contributed by atoms with Gasteiger partial charge in [0.05, 0.1) is 45.7 Å². The topological polar surface area (TPSA) is 106 Å². The van der Waals surface area contributed by atoms with Gasteiger partial charge in [0.25, 0.3) is 5.56 Å². The summed E-state index contributed by atoms with van der Waals surface area (Å²) in [5, 5.41) is 4.03. The fourth-order valence-electron chi connectivity index (χ4n) is 5.39. The number of halogens is 2. The highest BCUT2D eigenvalue weighted by atomic mass is 35.5. The average molecular weight is 711 g/mol. The molecule has 1 unspecified atom stereocenters. The molecule has 262 valence electrons. The van der Waals surface area contributed by atoms with Gasteiger partial charge in [-0.15, -0.1) is 0 Å². The maximum Gasteiger partial charge on any atom is 0.407 e. The fraction of sp³-hybridized carbons (Fsp3) is 0.405. The van der Waals surface area contributed by atoms with Crippen molar-refractivity contribution in [2.75, 3.05) is 40.3 Å². The molecular formula is C37H45Cl2N5O5. The van der Waals surface area contributed by atoms with E-state index in [4.69, 9.17) is 37.7 Å². The van der Waals surface area contributed by atoms with Gasteiger partial charge < -0.3 is 24.6 Å². The molecule has 2 amide bonds. The van der Waals surface area contributed by atoms with Gasteiger partial charge >= 0.3 is 6.09 Å². The number of para-hydroxylation sites is 1. The maximum atomic E-state index is 14.4. The zero-order valence-electron chi connectivity index (χ0n) is 29.0. The lowest BCUT2D eigenvalue weighted by Crippen LogP contribution is -2.43. The lowest BCUT2D eigenvalue weighted by atomic mass is 10.0. The molecule has 1 atom stereocenters. The minimum Gasteiger partial charge on any atom is -0.494 e. The zero-order chi connectivity index (χ0) is 35.7. The van der Waals surface area contributed by atoms with Gasteiger partial charge in [0.1, 0.15) is 17.2 Å². The number of fused-ring (bicyclic) bond motifs is 1. The molecule has 0 spiro atoms. The quantitative estimate of drug-likeness (QED) is 0.140. The third-order valence-electron chi connectivity index (χ3n) is 7.65. The van der Waals surface area contributed by atoms with E-state index in [9.17, 15) is 14.4 Å². The Morgan fingerprint density at radius 2 is 1.69 bits per heavy atom. The maximum absolute atomic E-state index is 14.4. The molecule has 0 saturated carbocycles. The van der Waals surface area contributed by atoms with Crippen LogP contribution < -0.4 is 15.6 Å². The summed E-state index contributed by atoms with van der Waals surface area (Å²) in [6.45, 7) is 9.01. The molecule has 1 heterocycles. The molecule has 0 saturated heterocycles. The van der Waals surface area contributed by atoms with Gasteiger partial charge in [-0.25, -0.2) is 9.78 Å². The number of alkyl carbamates (subject to hydrolysis) is 1. The minimum absolute atomic E-state index is 0.0534. The summed E-state index contributed by atoms with van der Waals surface area (Å²) in [5.74, 6) is 0.904. The van der Waals surface area contributed by atoms with Gasteiger partial charge in [0.2, 0.25) is 5.91 Å². The van der Waals surface area contributed by atoms with E-state index in [1.165, 1.54) is 0 Å². The minimum atomic E-state index is -0.653. The molecule has 12 heteroatoms. The molecule has 4 rings (SSSR count). The van der Waals surface area contributed by atoms with Crippen LogP contribution in [0.25, 0.3) is 16.6 Å². The Bertz CT molecular complexity index is 1800. The van der Waals surface area contributed by atoms with Gasteiger partial charge in [-0.05, 0) is 109 Å². The summed E-state index contributed by atoms with van der Waals surface area (Å²) < 4.78 is 12.7. The predicted molar refractivity (Wildman–Crippen MR) is 195 cm³/mol. The van der Waals surface area contributed by atoms with Crippen LogP contribution in [0, 0.1) is 0 Å². The second-order valence-corrected chi connectivity index (χ2v) is 13.8. The zero-order valence-corrected chi connectivity index (χ0v) is 30.5. The Morgan fingerprint density at radius 1 is 0.980 bits per heavy atom. The van der Waals surface area contributed by atoms with Crippen LogP contribution in [0.3, 0.4) is 0 Å². The van der Waals surface area contributed by atoms with E-state index in [0.717, 1.165) is 0 Å². The van der Waals surface area contributed by atoms with Crippen molar-refractivity contribution in [1.29, 1.82) is 0 Å². The Kier molecular flexibility index (Phi) is 13.1. The summed E-state index contributed by atoms with van der Waals surface area (Å²) in [6, 6.07) is 18.9. The number of rotatable bonds is 14. The monoisotopic (exact) mass is 709 g/mol.